The van der Waals surface area contributed by atoms with Gasteiger partial charge in [0.2, 0.25) is 5.91 Å². The van der Waals surface area contributed by atoms with Crippen LogP contribution < -0.4 is 4.90 Å². The number of nitriles is 1. The van der Waals surface area contributed by atoms with Crippen LogP contribution in [-0.4, -0.2) is 23.7 Å². The molecular weight excluding hydrogens is 452 g/mol. The second-order valence-electron chi connectivity index (χ2n) is 6.46. The van der Waals surface area contributed by atoms with E-state index in [2.05, 4.69) is 15.9 Å². The topological polar surface area (TPSA) is 70.4 Å². The van der Waals surface area contributed by atoms with E-state index in [0.29, 0.717) is 17.1 Å². The Morgan fingerprint density at radius 1 is 1.28 bits per heavy atom. The molecule has 2 aromatic carbocycles. The average Bonchev–Trinajstić information content (AvgIpc) is 2.99. The minimum Gasteiger partial charge on any atom is -0.462 e. The maximum atomic E-state index is 13.3. The lowest BCUT2D eigenvalue weighted by molar-refractivity contribution is -0.138. The predicted octanol–water partition coefficient (Wildman–Crippen LogP) is 4.75. The summed E-state index contributed by atoms with van der Waals surface area (Å²) in [6, 6.07) is 17.1. The second kappa shape index (κ2) is 9.29. The smallest absolute Gasteiger partial charge is 0.351 e. The maximum Gasteiger partial charge on any atom is 0.351 e. The molecule has 0 N–H and O–H groups in total. The van der Waals surface area contributed by atoms with Crippen molar-refractivity contribution >= 4 is 45.3 Å². The second-order valence-corrected chi connectivity index (χ2v) is 8.57. The van der Waals surface area contributed by atoms with Crippen molar-refractivity contribution in [3.05, 3.63) is 74.7 Å². The van der Waals surface area contributed by atoms with E-state index in [1.807, 2.05) is 61.5 Å². The Kier molecular flexibility index (Phi) is 6.78. The molecule has 2 aromatic rings. The zero-order chi connectivity index (χ0) is 21.0. The molecule has 0 bridgehead atoms. The van der Waals surface area contributed by atoms with E-state index in [1.165, 1.54) is 16.7 Å². The van der Waals surface area contributed by atoms with Crippen molar-refractivity contribution in [2.75, 3.05) is 11.5 Å². The van der Waals surface area contributed by atoms with Crippen LogP contribution in [0.25, 0.3) is 0 Å². The van der Waals surface area contributed by atoms with Gasteiger partial charge in [-0.15, -0.1) is 0 Å². The van der Waals surface area contributed by atoms with Gasteiger partial charge in [0, 0.05) is 10.2 Å². The zero-order valence-electron chi connectivity index (χ0n) is 16.0. The molecule has 1 aliphatic heterocycles. The SMILES string of the molecule is CCOC(=O)/C(C#N)=C1\S[C@@H](Cc2cccc(Br)c2)C(=O)N1c1ccc(C)cc1. The first kappa shape index (κ1) is 21.2. The third kappa shape index (κ3) is 4.72. The molecule has 1 fully saturated rings. The lowest BCUT2D eigenvalue weighted by atomic mass is 10.1. The zero-order valence-corrected chi connectivity index (χ0v) is 18.4. The monoisotopic (exact) mass is 470 g/mol. The standard InChI is InChI=1S/C22H19BrN2O3S/c1-3-28-22(27)18(13-24)21-25(17-9-7-14(2)8-10-17)20(26)19(29-21)12-15-5-4-6-16(23)11-15/h4-11,19H,3,12H2,1-2H3/b21-18-/t19-/m0/s1. The van der Waals surface area contributed by atoms with Crippen LogP contribution in [0.2, 0.25) is 0 Å². The summed E-state index contributed by atoms with van der Waals surface area (Å²) in [5, 5.41) is 9.50. The molecular formula is C22H19BrN2O3S. The lowest BCUT2D eigenvalue weighted by Crippen LogP contribution is -2.30. The largest absolute Gasteiger partial charge is 0.462 e. The average molecular weight is 471 g/mol. The molecule has 1 atom stereocenters. The number of ether oxygens (including phenoxy) is 1. The molecule has 29 heavy (non-hydrogen) atoms. The molecule has 0 unspecified atom stereocenters. The number of thioether (sulfide) groups is 1. The van der Waals surface area contributed by atoms with Crippen molar-refractivity contribution in [1.82, 2.24) is 0 Å². The molecule has 148 valence electrons. The summed E-state index contributed by atoms with van der Waals surface area (Å²) >= 11 is 4.68. The van der Waals surface area contributed by atoms with E-state index in [0.717, 1.165) is 15.6 Å². The van der Waals surface area contributed by atoms with E-state index in [-0.39, 0.29) is 18.1 Å². The number of hydrogen-bond donors (Lipinski definition) is 0. The van der Waals surface area contributed by atoms with Crippen LogP contribution in [-0.2, 0) is 20.7 Å². The number of halogens is 1. The van der Waals surface area contributed by atoms with E-state index in [9.17, 15) is 14.9 Å². The van der Waals surface area contributed by atoms with Crippen LogP contribution in [0.5, 0.6) is 0 Å². The van der Waals surface area contributed by atoms with Crippen LogP contribution in [0.3, 0.4) is 0 Å². The van der Waals surface area contributed by atoms with Gasteiger partial charge in [0.15, 0.2) is 5.57 Å². The number of nitrogens with zero attached hydrogens (tertiary/aromatic N) is 2. The quantitative estimate of drug-likeness (QED) is 0.358. The highest BCUT2D eigenvalue weighted by Crippen LogP contribution is 2.42. The normalized spacial score (nSPS) is 17.8. The number of aryl methyl sites for hydroxylation is 1. The van der Waals surface area contributed by atoms with E-state index >= 15 is 0 Å². The number of carbonyl (C=O) groups is 2. The third-order valence-electron chi connectivity index (χ3n) is 4.36. The van der Waals surface area contributed by atoms with Gasteiger partial charge < -0.3 is 4.74 Å². The first-order valence-corrected chi connectivity index (χ1v) is 10.7. The van der Waals surface area contributed by atoms with Crippen LogP contribution in [0.4, 0.5) is 5.69 Å². The Hall–Kier alpha value is -2.56. The molecule has 0 radical (unpaired) electrons. The number of esters is 1. The summed E-state index contributed by atoms with van der Waals surface area (Å²) in [4.78, 5) is 27.1. The fourth-order valence-corrected chi connectivity index (χ4v) is 4.73. The molecule has 1 aliphatic rings. The summed E-state index contributed by atoms with van der Waals surface area (Å²) in [6.45, 7) is 3.79. The number of hydrogen-bond acceptors (Lipinski definition) is 5. The summed E-state index contributed by atoms with van der Waals surface area (Å²) < 4.78 is 5.97. The van der Waals surface area contributed by atoms with Gasteiger partial charge in [-0.3, -0.25) is 9.69 Å². The molecule has 7 heteroatoms. The molecule has 0 saturated carbocycles. The fraction of sp³-hybridized carbons (Fsp3) is 0.227. The Morgan fingerprint density at radius 3 is 2.62 bits per heavy atom. The van der Waals surface area contributed by atoms with Crippen molar-refractivity contribution < 1.29 is 14.3 Å². The van der Waals surface area contributed by atoms with Crippen LogP contribution in [0.1, 0.15) is 18.1 Å². The Balaban J connectivity index is 2.03. The van der Waals surface area contributed by atoms with Gasteiger partial charge in [-0.1, -0.05) is 57.5 Å². The third-order valence-corrected chi connectivity index (χ3v) is 6.12. The molecule has 0 aromatic heterocycles. The van der Waals surface area contributed by atoms with E-state index < -0.39 is 11.2 Å². The molecule has 0 spiro atoms. The number of benzene rings is 2. The van der Waals surface area contributed by atoms with Crippen molar-refractivity contribution in [1.29, 1.82) is 5.26 Å². The van der Waals surface area contributed by atoms with Crippen LogP contribution in [0, 0.1) is 18.3 Å². The minimum atomic E-state index is -0.717. The summed E-state index contributed by atoms with van der Waals surface area (Å²) in [5.41, 5.74) is 2.51. The Morgan fingerprint density at radius 2 is 2.00 bits per heavy atom. The van der Waals surface area contributed by atoms with Gasteiger partial charge >= 0.3 is 5.97 Å². The van der Waals surface area contributed by atoms with Crippen molar-refractivity contribution in [2.24, 2.45) is 0 Å². The van der Waals surface area contributed by atoms with Gasteiger partial charge in [-0.2, -0.15) is 5.26 Å². The first-order chi connectivity index (χ1) is 13.9. The molecule has 0 aliphatic carbocycles. The van der Waals surface area contributed by atoms with Gasteiger partial charge in [0.25, 0.3) is 0 Å². The highest BCUT2D eigenvalue weighted by Gasteiger charge is 2.41. The maximum absolute atomic E-state index is 13.3. The van der Waals surface area contributed by atoms with Gasteiger partial charge in [0.1, 0.15) is 11.1 Å². The number of anilines is 1. The Labute approximate surface area is 182 Å². The number of carbonyl (C=O) groups excluding carboxylic acids is 2. The van der Waals surface area contributed by atoms with Crippen LogP contribution >= 0.6 is 27.7 Å². The first-order valence-electron chi connectivity index (χ1n) is 9.07. The highest BCUT2D eigenvalue weighted by molar-refractivity contribution is 9.10. The lowest BCUT2D eigenvalue weighted by Gasteiger charge is -2.18. The Bertz CT molecular complexity index is 1010. The van der Waals surface area contributed by atoms with E-state index in [1.54, 1.807) is 6.92 Å². The van der Waals surface area contributed by atoms with Crippen molar-refractivity contribution in [3.8, 4) is 6.07 Å². The van der Waals surface area contributed by atoms with Gasteiger partial charge in [-0.25, -0.2) is 4.79 Å². The minimum absolute atomic E-state index is 0.150. The summed E-state index contributed by atoms with van der Waals surface area (Å²) in [5.74, 6) is -0.878. The van der Waals surface area contributed by atoms with Crippen molar-refractivity contribution in [2.45, 2.75) is 25.5 Å². The summed E-state index contributed by atoms with van der Waals surface area (Å²) in [7, 11) is 0. The fourth-order valence-electron chi connectivity index (χ4n) is 2.98. The predicted molar refractivity (Wildman–Crippen MR) is 117 cm³/mol. The summed E-state index contributed by atoms with van der Waals surface area (Å²) in [6.07, 6.45) is 0.482. The molecule has 5 nitrogen and oxygen atoms in total. The van der Waals surface area contributed by atoms with Crippen molar-refractivity contribution in [3.63, 3.8) is 0 Å². The molecule has 1 saturated heterocycles. The van der Waals surface area contributed by atoms with Gasteiger partial charge in [0.05, 0.1) is 11.9 Å². The van der Waals surface area contributed by atoms with Crippen LogP contribution in [0.15, 0.2) is 63.6 Å². The van der Waals surface area contributed by atoms with Gasteiger partial charge in [-0.05, 0) is 50.1 Å². The molecule has 3 rings (SSSR count). The molecule has 1 amide bonds. The molecule has 1 heterocycles. The highest BCUT2D eigenvalue weighted by atomic mass is 79.9. The number of amides is 1. The van der Waals surface area contributed by atoms with E-state index in [4.69, 9.17) is 4.74 Å². The number of rotatable bonds is 5.